The minimum atomic E-state index is -3.76. The molecular weight excluding hydrogens is 294 g/mol. The molecule has 0 saturated heterocycles. The van der Waals surface area contributed by atoms with Crippen molar-refractivity contribution in [3.8, 4) is 0 Å². The molecule has 0 radical (unpaired) electrons. The molecule has 0 aliphatic carbocycles. The summed E-state index contributed by atoms with van der Waals surface area (Å²) in [6, 6.07) is 0. The zero-order chi connectivity index (χ0) is 5.58. The Labute approximate surface area is 100 Å². The van der Waals surface area contributed by atoms with Crippen LogP contribution in [0, 0.1) is 0 Å². The first-order valence-corrected chi connectivity index (χ1v) is 3.71. The number of rotatable bonds is 0. The summed E-state index contributed by atoms with van der Waals surface area (Å²) in [6.07, 6.45) is 0. The molecule has 0 atom stereocenters. The van der Waals surface area contributed by atoms with Gasteiger partial charge in [0, 0.05) is 0 Å². The van der Waals surface area contributed by atoms with E-state index in [1.807, 2.05) is 0 Å². The molecule has 0 saturated carbocycles. The van der Waals surface area contributed by atoms with Crippen molar-refractivity contribution in [2.45, 2.75) is 0 Å². The molecule has 0 fully saturated rings. The van der Waals surface area contributed by atoms with Gasteiger partial charge >= 0.3 is 92.2 Å². The Morgan fingerprint density at radius 1 is 1.43 bits per heavy atom. The van der Waals surface area contributed by atoms with Crippen molar-refractivity contribution >= 4 is 51.4 Å². The molecule has 0 bridgehead atoms. The van der Waals surface area contributed by atoms with Crippen LogP contribution < -0.4 is 27.9 Å². The molecule has 0 aromatic carbocycles. The summed E-state index contributed by atoms with van der Waals surface area (Å²) in [7, 11) is 0. The van der Waals surface area contributed by atoms with Gasteiger partial charge in [0.05, 0.1) is 0 Å². The van der Waals surface area contributed by atoms with Gasteiger partial charge in [0.15, 0.2) is 0 Å². The van der Waals surface area contributed by atoms with Crippen molar-refractivity contribution < 1.29 is 51.2 Å². The zero-order valence-corrected chi connectivity index (χ0v) is 5.45. The van der Waals surface area contributed by atoms with E-state index in [-0.39, 0.29) is 51.4 Å². The van der Waals surface area contributed by atoms with Crippen LogP contribution in [0.1, 0.15) is 0 Å². The molecule has 0 aromatic heterocycles. The summed E-state index contributed by atoms with van der Waals surface area (Å²) in [5, 5.41) is 0. The van der Waals surface area contributed by atoms with E-state index in [1.54, 1.807) is 0 Å². The van der Waals surface area contributed by atoms with Crippen LogP contribution in [0.3, 0.4) is 0 Å². The predicted octanol–water partition coefficient (Wildman–Crippen LogP) is -6.70. The Morgan fingerprint density at radius 2 is 1.43 bits per heavy atom. The van der Waals surface area contributed by atoms with Gasteiger partial charge in [0.1, 0.15) is 0 Å². The summed E-state index contributed by atoms with van der Waals surface area (Å²) >= 11 is -0.826. The van der Waals surface area contributed by atoms with E-state index in [4.69, 9.17) is 14.1 Å². The van der Waals surface area contributed by atoms with E-state index in [9.17, 15) is 0 Å². The van der Waals surface area contributed by atoms with Crippen LogP contribution in [0.2, 0.25) is 0 Å². The van der Waals surface area contributed by atoms with E-state index in [1.165, 1.54) is 0 Å². The average Bonchev–Trinajstić information content (AvgIpc) is 1.41. The Hall–Kier alpha value is 2.57. The van der Waals surface area contributed by atoms with Crippen LogP contribution in [0.4, 0.5) is 0 Å². The van der Waals surface area contributed by atoms with E-state index in [0.717, 1.165) is 0 Å². The Morgan fingerprint density at radius 3 is 1.43 bits per heavy atom. The van der Waals surface area contributed by atoms with Crippen molar-refractivity contribution in [3.05, 3.63) is 0 Å². The van der Waals surface area contributed by atoms with Gasteiger partial charge in [0.2, 0.25) is 0 Å². The number of hydrogen-bond acceptors (Lipinski definition) is 4. The average molecular weight is 296 g/mol. The second-order valence-electron chi connectivity index (χ2n) is 0.201. The minimum absolute atomic E-state index is 0. The quantitative estimate of drug-likeness (QED) is 0.356. The van der Waals surface area contributed by atoms with Gasteiger partial charge in [-0.25, -0.2) is 0 Å². The van der Waals surface area contributed by atoms with Crippen molar-refractivity contribution in [2.75, 3.05) is 0 Å². The maximum absolute atomic E-state index is 8.68. The fourth-order valence-electron chi connectivity index (χ4n) is 0. The molecule has 0 aliphatic rings. The van der Waals surface area contributed by atoms with Gasteiger partial charge in [-0.15, -0.1) is 0 Å². The SMILES string of the molecule is [KH].[O-][I+2]([O-])O.[O]=[Cu]. The van der Waals surface area contributed by atoms with Crippen molar-refractivity contribution in [1.82, 2.24) is 0 Å². The van der Waals surface area contributed by atoms with Gasteiger partial charge in [0.25, 0.3) is 0 Å². The first kappa shape index (κ1) is 16.3. The molecule has 0 heterocycles. The molecule has 7 heavy (non-hydrogen) atoms. The number of hydrogen-bond donors (Lipinski definition) is 1. The Balaban J connectivity index is -0.0000000480. The molecular formula is H2CuIKO4. The molecule has 4 nitrogen and oxygen atoms in total. The predicted molar refractivity (Wildman–Crippen MR) is 10.1 cm³/mol. The van der Waals surface area contributed by atoms with Crippen molar-refractivity contribution in [1.29, 1.82) is 0 Å². The summed E-state index contributed by atoms with van der Waals surface area (Å²) in [5.74, 6) is 0. The van der Waals surface area contributed by atoms with Crippen LogP contribution in [0.5, 0.6) is 0 Å². The van der Waals surface area contributed by atoms with Crippen molar-refractivity contribution in [2.24, 2.45) is 0 Å². The molecule has 1 N–H and O–H groups in total. The van der Waals surface area contributed by atoms with Crippen molar-refractivity contribution in [3.63, 3.8) is 0 Å². The molecule has 45 valence electrons. The van der Waals surface area contributed by atoms with E-state index >= 15 is 0 Å². The van der Waals surface area contributed by atoms with E-state index < -0.39 is 21.1 Å². The molecule has 0 rings (SSSR count). The van der Waals surface area contributed by atoms with Gasteiger partial charge in [-0.2, -0.15) is 0 Å². The first-order chi connectivity index (χ1) is 2.73. The third-order valence-electron chi connectivity index (χ3n) is 0. The van der Waals surface area contributed by atoms with Gasteiger partial charge in [-0.1, -0.05) is 0 Å². The Bertz CT molecular complexity index is 22.9. The molecule has 0 unspecified atom stereocenters. The van der Waals surface area contributed by atoms with Gasteiger partial charge < -0.3 is 6.87 Å². The standard InChI is InChI=1S/Cu.HIO3.K.O.H/c;2-1(3)4;;;/h;2H;;;. The summed E-state index contributed by atoms with van der Waals surface area (Å²) in [5.41, 5.74) is 0. The maximum atomic E-state index is 8.68. The fraction of sp³-hybridized carbons (Fsp3) is 0. The first-order valence-electron chi connectivity index (χ1n) is 0.601. The topological polar surface area (TPSA) is 83.4 Å². The van der Waals surface area contributed by atoms with Crippen LogP contribution in [0.15, 0.2) is 0 Å². The molecule has 0 spiro atoms. The molecule has 0 amide bonds. The van der Waals surface area contributed by atoms with E-state index in [2.05, 4.69) is 15.9 Å². The monoisotopic (exact) mass is 295 g/mol. The van der Waals surface area contributed by atoms with Crippen LogP contribution in [0.25, 0.3) is 0 Å². The van der Waals surface area contributed by atoms with E-state index in [0.29, 0.717) is 0 Å². The normalized spacial score (nSPS) is 6.00. The Kier molecular flexibility index (Phi) is 36.8. The third kappa shape index (κ3) is 56.1. The van der Waals surface area contributed by atoms with Crippen LogP contribution in [-0.2, 0) is 19.8 Å². The zero-order valence-electron chi connectivity index (χ0n) is 2.35. The van der Waals surface area contributed by atoms with Gasteiger partial charge in [-0.3, -0.25) is 0 Å². The molecule has 7 heteroatoms. The summed E-state index contributed by atoms with van der Waals surface area (Å²) in [6.45, 7) is 0. The third-order valence-corrected chi connectivity index (χ3v) is 0. The fourth-order valence-corrected chi connectivity index (χ4v) is 0. The van der Waals surface area contributed by atoms with Gasteiger partial charge in [-0.05, 0) is 3.44 Å². The second-order valence-corrected chi connectivity index (χ2v) is 1.35. The summed E-state index contributed by atoms with van der Waals surface area (Å²) in [4.78, 5) is 0. The number of halogens is 1. The van der Waals surface area contributed by atoms with Crippen LogP contribution >= 0.6 is 0 Å². The second kappa shape index (κ2) is 15.8. The molecule has 0 aliphatic heterocycles. The van der Waals surface area contributed by atoms with Crippen LogP contribution in [-0.4, -0.2) is 54.8 Å². The summed E-state index contributed by atoms with van der Waals surface area (Å²) < 4.78 is 32.3. The molecule has 0 aromatic rings.